The fourth-order valence-corrected chi connectivity index (χ4v) is 2.51. The zero-order chi connectivity index (χ0) is 14.5. The Balaban J connectivity index is 1.82. The summed E-state index contributed by atoms with van der Waals surface area (Å²) in [6.45, 7) is 6.84. The molecule has 0 unspecified atom stereocenters. The van der Waals surface area contributed by atoms with Gasteiger partial charge >= 0.3 is 0 Å². The molecule has 1 aromatic carbocycles. The van der Waals surface area contributed by atoms with Crippen molar-refractivity contribution < 1.29 is 0 Å². The first-order chi connectivity index (χ1) is 9.56. The van der Waals surface area contributed by atoms with Crippen molar-refractivity contribution in [3.05, 3.63) is 29.8 Å². The molecule has 0 amide bonds. The first-order valence-electron chi connectivity index (χ1n) is 7.08. The number of benzene rings is 1. The molecule has 1 aliphatic heterocycles. The maximum Gasteiger partial charge on any atom is 0.103 e. The summed E-state index contributed by atoms with van der Waals surface area (Å²) in [6, 6.07) is 8.14. The van der Waals surface area contributed by atoms with Crippen LogP contribution in [-0.2, 0) is 0 Å². The monoisotopic (exact) mass is 292 g/mol. The van der Waals surface area contributed by atoms with Crippen molar-refractivity contribution in [3.8, 4) is 0 Å². The van der Waals surface area contributed by atoms with Crippen molar-refractivity contribution in [1.29, 1.82) is 0 Å². The minimum absolute atomic E-state index is 0.455. The minimum atomic E-state index is 0.455. The van der Waals surface area contributed by atoms with Crippen LogP contribution in [0.15, 0.2) is 24.3 Å². The molecule has 4 nitrogen and oxygen atoms in total. The number of anilines is 1. The first-order valence-corrected chi connectivity index (χ1v) is 7.49. The van der Waals surface area contributed by atoms with Crippen LogP contribution in [0.4, 0.5) is 5.69 Å². The van der Waals surface area contributed by atoms with Gasteiger partial charge < -0.3 is 15.5 Å². The molecule has 0 spiro atoms. The van der Waals surface area contributed by atoms with Gasteiger partial charge in [0.2, 0.25) is 0 Å². The van der Waals surface area contributed by atoms with E-state index >= 15 is 0 Å². The molecule has 2 N–H and O–H groups in total. The highest BCUT2D eigenvalue weighted by Gasteiger charge is 2.13. The fourth-order valence-electron chi connectivity index (χ4n) is 2.37. The number of hydrogen-bond acceptors (Lipinski definition) is 4. The van der Waals surface area contributed by atoms with Crippen molar-refractivity contribution in [2.75, 3.05) is 58.3 Å². The van der Waals surface area contributed by atoms with E-state index in [0.29, 0.717) is 4.99 Å². The Morgan fingerprint density at radius 1 is 1.20 bits per heavy atom. The van der Waals surface area contributed by atoms with Gasteiger partial charge in [-0.2, -0.15) is 0 Å². The first kappa shape index (κ1) is 15.2. The summed E-state index contributed by atoms with van der Waals surface area (Å²) in [5.74, 6) is 0. The highest BCUT2D eigenvalue weighted by Crippen LogP contribution is 2.14. The molecule has 0 aliphatic carbocycles. The van der Waals surface area contributed by atoms with Crippen molar-refractivity contribution in [3.63, 3.8) is 0 Å². The number of likely N-dealkylation sites (N-methyl/N-ethyl adjacent to an activating group) is 2. The molecule has 1 heterocycles. The Hall–Kier alpha value is -1.17. The van der Waals surface area contributed by atoms with Crippen LogP contribution >= 0.6 is 12.2 Å². The summed E-state index contributed by atoms with van der Waals surface area (Å²) in [5.41, 5.74) is 7.75. The second-order valence-electron chi connectivity index (χ2n) is 5.48. The highest BCUT2D eigenvalue weighted by atomic mass is 32.1. The van der Waals surface area contributed by atoms with Crippen molar-refractivity contribution in [1.82, 2.24) is 9.80 Å². The van der Waals surface area contributed by atoms with E-state index in [-0.39, 0.29) is 0 Å². The predicted molar refractivity (Wildman–Crippen MR) is 89.5 cm³/mol. The number of nitrogens with zero attached hydrogens (tertiary/aromatic N) is 3. The molecule has 1 aliphatic rings. The average Bonchev–Trinajstić information content (AvgIpc) is 2.46. The lowest BCUT2D eigenvalue weighted by molar-refractivity contribution is 0.157. The van der Waals surface area contributed by atoms with Gasteiger partial charge in [0.1, 0.15) is 4.99 Å². The predicted octanol–water partition coefficient (Wildman–Crippen LogP) is 1.00. The molecule has 0 radical (unpaired) electrons. The zero-order valence-corrected chi connectivity index (χ0v) is 13.2. The van der Waals surface area contributed by atoms with Crippen LogP contribution in [0.1, 0.15) is 5.56 Å². The van der Waals surface area contributed by atoms with E-state index in [1.807, 2.05) is 12.1 Å². The molecule has 2 rings (SSSR count). The van der Waals surface area contributed by atoms with Crippen LogP contribution in [0.5, 0.6) is 0 Å². The normalized spacial score (nSPS) is 17.1. The Labute approximate surface area is 127 Å². The van der Waals surface area contributed by atoms with E-state index in [9.17, 15) is 0 Å². The van der Waals surface area contributed by atoms with Crippen LogP contribution in [0, 0.1) is 0 Å². The lowest BCUT2D eigenvalue weighted by Gasteiger charge is -2.33. The number of hydrogen-bond donors (Lipinski definition) is 1. The van der Waals surface area contributed by atoms with E-state index in [1.54, 1.807) is 0 Å². The maximum absolute atomic E-state index is 5.61. The smallest absolute Gasteiger partial charge is 0.103 e. The summed E-state index contributed by atoms with van der Waals surface area (Å²) in [7, 11) is 4.32. The molecular formula is C15H24N4S. The van der Waals surface area contributed by atoms with E-state index in [1.165, 1.54) is 31.9 Å². The van der Waals surface area contributed by atoms with Crippen LogP contribution in [-0.4, -0.2) is 68.2 Å². The Kier molecular flexibility index (Phi) is 5.34. The molecule has 1 aromatic rings. The molecule has 1 saturated heterocycles. The molecule has 0 bridgehead atoms. The zero-order valence-electron chi connectivity index (χ0n) is 12.4. The lowest BCUT2D eigenvalue weighted by atomic mass is 10.2. The van der Waals surface area contributed by atoms with Crippen molar-refractivity contribution in [2.24, 2.45) is 5.73 Å². The van der Waals surface area contributed by atoms with Gasteiger partial charge in [-0.25, -0.2) is 0 Å². The van der Waals surface area contributed by atoms with E-state index in [2.05, 4.69) is 40.9 Å². The number of rotatable bonds is 5. The average molecular weight is 292 g/mol. The van der Waals surface area contributed by atoms with E-state index < -0.39 is 0 Å². The van der Waals surface area contributed by atoms with Gasteiger partial charge in [-0.3, -0.25) is 4.90 Å². The van der Waals surface area contributed by atoms with Crippen molar-refractivity contribution >= 4 is 22.9 Å². The van der Waals surface area contributed by atoms with Gasteiger partial charge in [-0.15, -0.1) is 0 Å². The molecule has 110 valence electrons. The summed E-state index contributed by atoms with van der Waals surface area (Å²) in [6.07, 6.45) is 0. The summed E-state index contributed by atoms with van der Waals surface area (Å²) in [4.78, 5) is 7.65. The maximum atomic E-state index is 5.61. The van der Waals surface area contributed by atoms with Crippen molar-refractivity contribution in [2.45, 2.75) is 0 Å². The van der Waals surface area contributed by atoms with Gasteiger partial charge in [0.25, 0.3) is 0 Å². The van der Waals surface area contributed by atoms with E-state index in [4.69, 9.17) is 18.0 Å². The third-order valence-corrected chi connectivity index (χ3v) is 4.18. The molecule has 0 atom stereocenters. The topological polar surface area (TPSA) is 35.7 Å². The molecule has 1 fully saturated rings. The van der Waals surface area contributed by atoms with Gasteiger partial charge in [0.05, 0.1) is 0 Å². The van der Waals surface area contributed by atoms with Crippen LogP contribution in [0.25, 0.3) is 0 Å². The summed E-state index contributed by atoms with van der Waals surface area (Å²) >= 11 is 4.97. The van der Waals surface area contributed by atoms with E-state index in [0.717, 1.165) is 18.7 Å². The van der Waals surface area contributed by atoms with Gasteiger partial charge in [-0.05, 0) is 31.3 Å². The second-order valence-corrected chi connectivity index (χ2v) is 5.92. The quantitative estimate of drug-likeness (QED) is 0.820. The van der Waals surface area contributed by atoms with Crippen LogP contribution in [0.2, 0.25) is 0 Å². The van der Waals surface area contributed by atoms with Gasteiger partial charge in [-0.1, -0.05) is 12.2 Å². The molecule has 20 heavy (non-hydrogen) atoms. The van der Waals surface area contributed by atoms with Gasteiger partial charge in [0.15, 0.2) is 0 Å². The highest BCUT2D eigenvalue weighted by molar-refractivity contribution is 7.80. The third-order valence-electron chi connectivity index (χ3n) is 3.94. The molecule has 0 aromatic heterocycles. The largest absolute Gasteiger partial charge is 0.389 e. The number of piperazine rings is 1. The minimum Gasteiger partial charge on any atom is -0.389 e. The summed E-state index contributed by atoms with van der Waals surface area (Å²) in [5, 5.41) is 0. The fraction of sp³-hybridized carbons (Fsp3) is 0.533. The SMILES string of the molecule is CN1CCN(CCN(C)c2ccc(C(N)=S)cc2)CC1. The summed E-state index contributed by atoms with van der Waals surface area (Å²) < 4.78 is 0. The van der Waals surface area contributed by atoms with Gasteiger partial charge in [0, 0.05) is 57.6 Å². The van der Waals surface area contributed by atoms with Crippen LogP contribution < -0.4 is 10.6 Å². The lowest BCUT2D eigenvalue weighted by Crippen LogP contribution is -2.46. The standard InChI is InChI=1S/C15H24N4S/c1-17-7-10-19(11-8-17)12-9-18(2)14-5-3-13(4-6-14)15(16)20/h3-6H,7-12H2,1-2H3,(H2,16,20). The molecule has 0 saturated carbocycles. The Morgan fingerprint density at radius 2 is 1.80 bits per heavy atom. The number of thiocarbonyl (C=S) groups is 1. The second kappa shape index (κ2) is 7.02. The molecular weight excluding hydrogens is 268 g/mol. The third kappa shape index (κ3) is 4.16. The van der Waals surface area contributed by atoms with Crippen LogP contribution in [0.3, 0.4) is 0 Å². The Morgan fingerprint density at radius 3 is 2.35 bits per heavy atom. The molecule has 5 heteroatoms. The Bertz CT molecular complexity index is 438. The number of nitrogens with two attached hydrogens (primary N) is 1.